The Morgan fingerprint density at radius 1 is 0.951 bits per heavy atom. The fourth-order valence-electron chi connectivity index (χ4n) is 6.28. The molecule has 1 amide bonds. The Bertz CT molecular complexity index is 1430. The van der Waals surface area contributed by atoms with E-state index in [4.69, 9.17) is 13.9 Å². The molecule has 1 N–H and O–H groups in total. The van der Waals surface area contributed by atoms with Gasteiger partial charge in [-0.3, -0.25) is 9.59 Å². The van der Waals surface area contributed by atoms with Gasteiger partial charge in [0.2, 0.25) is 6.29 Å². The molecule has 2 aromatic carbocycles. The lowest BCUT2D eigenvalue weighted by Crippen LogP contribution is -2.49. The van der Waals surface area contributed by atoms with Crippen molar-refractivity contribution in [2.45, 2.75) is 70.0 Å². The summed E-state index contributed by atoms with van der Waals surface area (Å²) < 4.78 is 18.1. The fourth-order valence-corrected chi connectivity index (χ4v) is 6.28. The van der Waals surface area contributed by atoms with Crippen molar-refractivity contribution in [2.75, 3.05) is 26.2 Å². The number of carbonyl (C=O) groups is 1. The zero-order chi connectivity index (χ0) is 28.2. The minimum Gasteiger partial charge on any atom is -0.464 e. The highest BCUT2D eigenvalue weighted by Crippen LogP contribution is 2.33. The SMILES string of the molecule is O=C(C1=C[C@H](c2coc3ccccc3c2=O)C[C@H](OCc2ccc(CO)cc2)O1)N1CCC(N2CCCCC2)CC1. The first kappa shape index (κ1) is 27.7. The van der Waals surface area contributed by atoms with Crippen LogP contribution < -0.4 is 5.43 Å². The van der Waals surface area contributed by atoms with E-state index in [2.05, 4.69) is 4.90 Å². The average molecular weight is 559 g/mol. The number of amides is 1. The molecule has 41 heavy (non-hydrogen) atoms. The second-order valence-electron chi connectivity index (χ2n) is 11.3. The molecule has 2 fully saturated rings. The van der Waals surface area contributed by atoms with Crippen LogP contribution in [0.4, 0.5) is 0 Å². The van der Waals surface area contributed by atoms with Crippen molar-refractivity contribution >= 4 is 16.9 Å². The number of piperidine rings is 2. The summed E-state index contributed by atoms with van der Waals surface area (Å²) in [7, 11) is 0. The monoisotopic (exact) mass is 558 g/mol. The van der Waals surface area contributed by atoms with Crippen LogP contribution >= 0.6 is 0 Å². The highest BCUT2D eigenvalue weighted by atomic mass is 16.7. The lowest BCUT2D eigenvalue weighted by molar-refractivity contribution is -0.157. The normalized spacial score (nSPS) is 22.4. The first-order valence-corrected chi connectivity index (χ1v) is 14.8. The second-order valence-corrected chi connectivity index (χ2v) is 11.3. The maximum atomic E-state index is 13.7. The quantitative estimate of drug-likeness (QED) is 0.450. The molecule has 0 aliphatic carbocycles. The van der Waals surface area contributed by atoms with Crippen molar-refractivity contribution in [2.24, 2.45) is 0 Å². The number of hydrogen-bond acceptors (Lipinski definition) is 7. The number of benzene rings is 2. The Hall–Kier alpha value is -3.46. The van der Waals surface area contributed by atoms with Gasteiger partial charge in [0.25, 0.3) is 5.91 Å². The number of nitrogens with zero attached hydrogens (tertiary/aromatic N) is 2. The summed E-state index contributed by atoms with van der Waals surface area (Å²) in [6.07, 6.45) is 8.70. The molecule has 8 heteroatoms. The van der Waals surface area contributed by atoms with E-state index in [1.807, 2.05) is 41.3 Å². The molecule has 0 bridgehead atoms. The molecule has 0 radical (unpaired) electrons. The van der Waals surface area contributed by atoms with Crippen LogP contribution in [0, 0.1) is 0 Å². The minimum absolute atomic E-state index is 0.0194. The molecule has 4 heterocycles. The number of carbonyl (C=O) groups excluding carboxylic acids is 1. The summed E-state index contributed by atoms with van der Waals surface area (Å²) in [4.78, 5) is 31.7. The molecular formula is C33H38N2O6. The maximum absolute atomic E-state index is 13.7. The first-order valence-electron chi connectivity index (χ1n) is 14.8. The topological polar surface area (TPSA) is 92.5 Å². The van der Waals surface area contributed by atoms with Crippen LogP contribution in [-0.2, 0) is 27.5 Å². The number of rotatable bonds is 7. The molecule has 6 rings (SSSR count). The summed E-state index contributed by atoms with van der Waals surface area (Å²) in [5.41, 5.74) is 2.66. The van der Waals surface area contributed by atoms with Crippen LogP contribution in [0.3, 0.4) is 0 Å². The van der Waals surface area contributed by atoms with Gasteiger partial charge in [-0.15, -0.1) is 0 Å². The number of fused-ring (bicyclic) bond motifs is 1. The largest absolute Gasteiger partial charge is 0.464 e. The van der Waals surface area contributed by atoms with Crippen LogP contribution in [0.1, 0.15) is 61.1 Å². The zero-order valence-electron chi connectivity index (χ0n) is 23.4. The Balaban J connectivity index is 1.21. The van der Waals surface area contributed by atoms with E-state index in [1.54, 1.807) is 18.2 Å². The lowest BCUT2D eigenvalue weighted by Gasteiger charge is -2.40. The molecule has 216 valence electrons. The van der Waals surface area contributed by atoms with Gasteiger partial charge in [0, 0.05) is 37.0 Å². The summed E-state index contributed by atoms with van der Waals surface area (Å²) >= 11 is 0. The summed E-state index contributed by atoms with van der Waals surface area (Å²) in [5, 5.41) is 9.84. The van der Waals surface area contributed by atoms with Crippen LogP contribution in [0.15, 0.2) is 75.8 Å². The molecular weight excluding hydrogens is 520 g/mol. The van der Waals surface area contributed by atoms with E-state index < -0.39 is 12.2 Å². The molecule has 2 atom stereocenters. The Morgan fingerprint density at radius 2 is 1.68 bits per heavy atom. The molecule has 0 spiro atoms. The van der Waals surface area contributed by atoms with E-state index in [0.717, 1.165) is 37.1 Å². The highest BCUT2D eigenvalue weighted by molar-refractivity contribution is 5.92. The van der Waals surface area contributed by atoms with Gasteiger partial charge in [0.15, 0.2) is 11.2 Å². The first-order chi connectivity index (χ1) is 20.1. The van der Waals surface area contributed by atoms with Crippen molar-refractivity contribution in [3.05, 3.63) is 93.5 Å². The fraction of sp³-hybridized carbons (Fsp3) is 0.455. The summed E-state index contributed by atoms with van der Waals surface area (Å²) in [6, 6.07) is 15.2. The van der Waals surface area contributed by atoms with E-state index in [-0.39, 0.29) is 30.3 Å². The number of likely N-dealkylation sites (tertiary alicyclic amines) is 2. The van der Waals surface area contributed by atoms with Crippen molar-refractivity contribution in [3.63, 3.8) is 0 Å². The van der Waals surface area contributed by atoms with Crippen molar-refractivity contribution < 1.29 is 23.8 Å². The summed E-state index contributed by atoms with van der Waals surface area (Å²) in [6.45, 7) is 3.94. The maximum Gasteiger partial charge on any atom is 0.288 e. The molecule has 2 saturated heterocycles. The van der Waals surface area contributed by atoms with Crippen LogP contribution in [0.25, 0.3) is 11.0 Å². The van der Waals surface area contributed by atoms with Crippen molar-refractivity contribution in [1.82, 2.24) is 9.80 Å². The molecule has 3 aromatic rings. The molecule has 1 aromatic heterocycles. The third-order valence-corrected chi connectivity index (χ3v) is 8.67. The number of ether oxygens (including phenoxy) is 2. The van der Waals surface area contributed by atoms with E-state index in [9.17, 15) is 14.7 Å². The third kappa shape index (κ3) is 6.25. The second kappa shape index (κ2) is 12.6. The number of aliphatic hydroxyl groups is 1. The van der Waals surface area contributed by atoms with E-state index >= 15 is 0 Å². The van der Waals surface area contributed by atoms with Gasteiger partial charge in [-0.05, 0) is 68.1 Å². The van der Waals surface area contributed by atoms with E-state index in [1.165, 1.54) is 25.5 Å². The summed E-state index contributed by atoms with van der Waals surface area (Å²) in [5.74, 6) is -0.320. The zero-order valence-corrected chi connectivity index (χ0v) is 23.4. The Kier molecular flexibility index (Phi) is 8.51. The Labute approximate surface area is 240 Å². The number of hydrogen-bond donors (Lipinski definition) is 1. The number of para-hydroxylation sites is 1. The molecule has 3 aliphatic heterocycles. The molecule has 3 aliphatic rings. The highest BCUT2D eigenvalue weighted by Gasteiger charge is 2.34. The lowest BCUT2D eigenvalue weighted by atomic mass is 9.93. The van der Waals surface area contributed by atoms with E-state index in [0.29, 0.717) is 42.1 Å². The van der Waals surface area contributed by atoms with Crippen molar-refractivity contribution in [1.29, 1.82) is 0 Å². The van der Waals surface area contributed by atoms with Gasteiger partial charge in [0.05, 0.1) is 24.9 Å². The Morgan fingerprint density at radius 3 is 2.44 bits per heavy atom. The van der Waals surface area contributed by atoms with Crippen LogP contribution in [0.2, 0.25) is 0 Å². The number of allylic oxidation sites excluding steroid dienone is 1. The van der Waals surface area contributed by atoms with Crippen molar-refractivity contribution in [3.8, 4) is 0 Å². The molecule has 0 saturated carbocycles. The van der Waals surface area contributed by atoms with Gasteiger partial charge in [0.1, 0.15) is 5.58 Å². The van der Waals surface area contributed by atoms with Gasteiger partial charge in [-0.1, -0.05) is 42.8 Å². The smallest absolute Gasteiger partial charge is 0.288 e. The third-order valence-electron chi connectivity index (χ3n) is 8.67. The predicted octanol–water partition coefficient (Wildman–Crippen LogP) is 4.69. The average Bonchev–Trinajstić information content (AvgIpc) is 3.04. The number of aliphatic hydroxyl groups excluding tert-OH is 1. The van der Waals surface area contributed by atoms with Gasteiger partial charge in [-0.2, -0.15) is 0 Å². The van der Waals surface area contributed by atoms with Crippen LogP contribution in [0.5, 0.6) is 0 Å². The standard InChI is InChI=1S/C33H38N2O6/c36-20-23-8-10-24(11-9-23)21-40-31-19-25(28-22-39-29-7-3-2-6-27(29)32(28)37)18-30(41-31)33(38)35-16-12-26(13-17-35)34-14-4-1-5-15-34/h2-3,6-11,18,22,25-26,31,36H,1,4-5,12-17,19-21H2/t25-,31+/m0/s1. The molecule has 0 unspecified atom stereocenters. The van der Waals surface area contributed by atoms with Gasteiger partial charge >= 0.3 is 0 Å². The van der Waals surface area contributed by atoms with Crippen LogP contribution in [-0.4, -0.2) is 59.3 Å². The van der Waals surface area contributed by atoms with Gasteiger partial charge < -0.3 is 28.8 Å². The minimum atomic E-state index is -0.710. The predicted molar refractivity (Wildman–Crippen MR) is 155 cm³/mol. The molecule has 8 nitrogen and oxygen atoms in total. The van der Waals surface area contributed by atoms with Gasteiger partial charge in [-0.25, -0.2) is 0 Å².